The average Bonchev–Trinajstić information content (AvgIpc) is 2.72. The van der Waals surface area contributed by atoms with Gasteiger partial charge in [0, 0.05) is 9.77 Å². The number of aryl methyl sites for hydroxylation is 1. The maximum atomic E-state index is 12.1. The van der Waals surface area contributed by atoms with E-state index in [1.807, 2.05) is 37.3 Å². The van der Waals surface area contributed by atoms with Crippen LogP contribution in [0.3, 0.4) is 0 Å². The molecule has 94 valence electrons. The van der Waals surface area contributed by atoms with Crippen LogP contribution in [0.5, 0.6) is 0 Å². The van der Waals surface area contributed by atoms with Gasteiger partial charge in [0.1, 0.15) is 4.88 Å². The Balaban J connectivity index is 2.20. The molecule has 0 radical (unpaired) electrons. The zero-order chi connectivity index (χ0) is 13.1. The van der Waals surface area contributed by atoms with Gasteiger partial charge in [0.25, 0.3) is 0 Å². The third kappa shape index (κ3) is 2.86. The van der Waals surface area contributed by atoms with Gasteiger partial charge in [0.05, 0.1) is 16.6 Å². The summed E-state index contributed by atoms with van der Waals surface area (Å²) in [7, 11) is -1.13. The standard InChI is InChI=1S/C13H12O3S2/c1-9-10(7-12(17-9)13(14)15)8-18(16)11-5-3-2-4-6-11/h2-7H,8H2,1H3,(H,14,15). The highest BCUT2D eigenvalue weighted by molar-refractivity contribution is 7.84. The van der Waals surface area contributed by atoms with Crippen molar-refractivity contribution in [2.75, 3.05) is 0 Å². The molecule has 3 nitrogen and oxygen atoms in total. The topological polar surface area (TPSA) is 54.4 Å². The number of carboxylic acids is 1. The largest absolute Gasteiger partial charge is 0.477 e. The van der Waals surface area contributed by atoms with Crippen LogP contribution < -0.4 is 0 Å². The van der Waals surface area contributed by atoms with E-state index < -0.39 is 16.8 Å². The third-order valence-electron chi connectivity index (χ3n) is 2.52. The van der Waals surface area contributed by atoms with E-state index in [4.69, 9.17) is 5.11 Å². The van der Waals surface area contributed by atoms with Crippen LogP contribution >= 0.6 is 11.3 Å². The fraction of sp³-hybridized carbons (Fsp3) is 0.154. The molecule has 1 N–H and O–H groups in total. The van der Waals surface area contributed by atoms with Crippen LogP contribution in [0.25, 0.3) is 0 Å². The summed E-state index contributed by atoms with van der Waals surface area (Å²) in [5, 5.41) is 8.91. The number of carboxylic acid groups (broad SMARTS) is 1. The molecule has 5 heteroatoms. The third-order valence-corrected chi connectivity index (χ3v) is 4.98. The molecule has 1 unspecified atom stereocenters. The molecule has 1 atom stereocenters. The van der Waals surface area contributed by atoms with Gasteiger partial charge >= 0.3 is 5.97 Å². The molecule has 0 saturated carbocycles. The second-order valence-corrected chi connectivity index (χ2v) is 6.51. The molecule has 1 aromatic heterocycles. The van der Waals surface area contributed by atoms with Gasteiger partial charge in [0.15, 0.2) is 0 Å². The highest BCUT2D eigenvalue weighted by Crippen LogP contribution is 2.24. The summed E-state index contributed by atoms with van der Waals surface area (Å²) >= 11 is 1.23. The van der Waals surface area contributed by atoms with Gasteiger partial charge in [-0.1, -0.05) is 18.2 Å². The van der Waals surface area contributed by atoms with Crippen LogP contribution in [-0.2, 0) is 16.6 Å². The second kappa shape index (κ2) is 5.46. The predicted molar refractivity (Wildman–Crippen MR) is 72.6 cm³/mol. The summed E-state index contributed by atoms with van der Waals surface area (Å²) in [6.07, 6.45) is 0. The summed E-state index contributed by atoms with van der Waals surface area (Å²) in [6, 6.07) is 10.8. The first-order valence-corrected chi connectivity index (χ1v) is 7.47. The minimum Gasteiger partial charge on any atom is -0.477 e. The molecule has 1 aromatic carbocycles. The maximum Gasteiger partial charge on any atom is 0.345 e. The smallest absolute Gasteiger partial charge is 0.345 e. The lowest BCUT2D eigenvalue weighted by Gasteiger charge is -2.01. The summed E-state index contributed by atoms with van der Waals surface area (Å²) in [5.74, 6) is -0.570. The average molecular weight is 280 g/mol. The van der Waals surface area contributed by atoms with Gasteiger partial charge in [-0.2, -0.15) is 0 Å². The van der Waals surface area contributed by atoms with Crippen molar-refractivity contribution in [2.45, 2.75) is 17.6 Å². The first-order chi connectivity index (χ1) is 8.58. The molecule has 0 bridgehead atoms. The molecule has 1 heterocycles. The van der Waals surface area contributed by atoms with E-state index in [1.165, 1.54) is 11.3 Å². The van der Waals surface area contributed by atoms with Crippen LogP contribution in [-0.4, -0.2) is 15.3 Å². The Bertz CT molecular complexity index is 588. The Kier molecular flexibility index (Phi) is 3.93. The molecule has 0 aliphatic heterocycles. The Morgan fingerprint density at radius 3 is 2.56 bits per heavy atom. The van der Waals surface area contributed by atoms with Crippen molar-refractivity contribution in [1.82, 2.24) is 0 Å². The first kappa shape index (κ1) is 13.0. The van der Waals surface area contributed by atoms with Crippen LogP contribution in [0.15, 0.2) is 41.3 Å². The van der Waals surface area contributed by atoms with Crippen LogP contribution in [0.2, 0.25) is 0 Å². The van der Waals surface area contributed by atoms with Crippen molar-refractivity contribution < 1.29 is 14.1 Å². The Labute approximate surface area is 112 Å². The predicted octanol–water partition coefficient (Wildman–Crippen LogP) is 3.06. The number of benzene rings is 1. The quantitative estimate of drug-likeness (QED) is 0.936. The summed E-state index contributed by atoms with van der Waals surface area (Å²) < 4.78 is 12.1. The number of hydrogen-bond acceptors (Lipinski definition) is 3. The van der Waals surface area contributed by atoms with Crippen molar-refractivity contribution >= 4 is 28.1 Å². The first-order valence-electron chi connectivity index (χ1n) is 5.34. The highest BCUT2D eigenvalue weighted by atomic mass is 32.2. The summed E-state index contributed by atoms with van der Waals surface area (Å²) in [6.45, 7) is 1.86. The number of aromatic carboxylic acids is 1. The van der Waals surface area contributed by atoms with Gasteiger partial charge < -0.3 is 5.11 Å². The lowest BCUT2D eigenvalue weighted by atomic mass is 10.3. The van der Waals surface area contributed by atoms with Crippen molar-refractivity contribution in [1.29, 1.82) is 0 Å². The number of hydrogen-bond donors (Lipinski definition) is 1. The molecular weight excluding hydrogens is 268 g/mol. The SMILES string of the molecule is Cc1sc(C(=O)O)cc1CS(=O)c1ccccc1. The lowest BCUT2D eigenvalue weighted by molar-refractivity contribution is 0.0702. The zero-order valence-electron chi connectivity index (χ0n) is 9.75. The van der Waals surface area contributed by atoms with Gasteiger partial charge in [-0.3, -0.25) is 4.21 Å². The number of carbonyl (C=O) groups is 1. The lowest BCUT2D eigenvalue weighted by Crippen LogP contribution is -1.96. The maximum absolute atomic E-state index is 12.1. The van der Waals surface area contributed by atoms with Crippen LogP contribution in [0.1, 0.15) is 20.1 Å². The normalized spacial score (nSPS) is 12.3. The minimum atomic E-state index is -1.13. The Morgan fingerprint density at radius 1 is 1.33 bits per heavy atom. The van der Waals surface area contributed by atoms with Gasteiger partial charge in [-0.05, 0) is 30.7 Å². The second-order valence-electron chi connectivity index (χ2n) is 3.80. The van der Waals surface area contributed by atoms with Crippen LogP contribution in [0.4, 0.5) is 0 Å². The number of thiophene rings is 1. The summed E-state index contributed by atoms with van der Waals surface area (Å²) in [4.78, 5) is 12.8. The van der Waals surface area contributed by atoms with E-state index in [9.17, 15) is 9.00 Å². The number of rotatable bonds is 4. The molecule has 0 fully saturated rings. The van der Waals surface area contributed by atoms with E-state index in [2.05, 4.69) is 0 Å². The van der Waals surface area contributed by atoms with Gasteiger partial charge in [0.2, 0.25) is 0 Å². The fourth-order valence-electron chi connectivity index (χ4n) is 1.57. The Hall–Kier alpha value is -1.46. The van der Waals surface area contributed by atoms with Crippen molar-refractivity contribution in [3.63, 3.8) is 0 Å². The van der Waals surface area contributed by atoms with E-state index in [0.717, 1.165) is 15.3 Å². The Morgan fingerprint density at radius 2 is 2.00 bits per heavy atom. The summed E-state index contributed by atoms with van der Waals surface area (Å²) in [5.41, 5.74) is 0.847. The molecule has 0 saturated heterocycles. The minimum absolute atomic E-state index is 0.299. The van der Waals surface area contributed by atoms with E-state index in [0.29, 0.717) is 10.6 Å². The molecule has 2 aromatic rings. The highest BCUT2D eigenvalue weighted by Gasteiger charge is 2.13. The van der Waals surface area contributed by atoms with Crippen molar-refractivity contribution in [3.05, 3.63) is 51.7 Å². The molecular formula is C13H12O3S2. The molecule has 2 rings (SSSR count). The molecule has 0 aliphatic carbocycles. The van der Waals surface area contributed by atoms with Crippen molar-refractivity contribution in [2.24, 2.45) is 0 Å². The monoisotopic (exact) mass is 280 g/mol. The van der Waals surface area contributed by atoms with Gasteiger partial charge in [-0.15, -0.1) is 11.3 Å². The van der Waals surface area contributed by atoms with Gasteiger partial charge in [-0.25, -0.2) is 4.79 Å². The molecule has 0 spiro atoms. The van der Waals surface area contributed by atoms with Crippen molar-refractivity contribution in [3.8, 4) is 0 Å². The van der Waals surface area contributed by atoms with Crippen LogP contribution in [0, 0.1) is 6.92 Å². The molecule has 18 heavy (non-hydrogen) atoms. The van der Waals surface area contributed by atoms with E-state index >= 15 is 0 Å². The zero-order valence-corrected chi connectivity index (χ0v) is 11.4. The van der Waals surface area contributed by atoms with E-state index in [1.54, 1.807) is 6.07 Å². The molecule has 0 amide bonds. The van der Waals surface area contributed by atoms with E-state index in [-0.39, 0.29) is 0 Å². The molecule has 0 aliphatic rings. The fourth-order valence-corrected chi connectivity index (χ4v) is 3.75.